The molecule has 0 radical (unpaired) electrons. The first kappa shape index (κ1) is 21.6. The van der Waals surface area contributed by atoms with Gasteiger partial charge in [0.1, 0.15) is 17.6 Å². The fourth-order valence-corrected chi connectivity index (χ4v) is 6.09. The second-order valence-corrected chi connectivity index (χ2v) is 15.1. The number of rotatable bonds is 7. The molecule has 3 nitrogen and oxygen atoms in total. The summed E-state index contributed by atoms with van der Waals surface area (Å²) in [6.07, 6.45) is 5.13. The normalized spacial score (nSPS) is 26.7. The minimum atomic E-state index is -1.79. The van der Waals surface area contributed by atoms with E-state index < -0.39 is 8.32 Å². The summed E-state index contributed by atoms with van der Waals surface area (Å²) in [4.78, 5) is 11.3. The molecule has 2 aliphatic rings. The molecule has 1 aliphatic heterocycles. The summed E-state index contributed by atoms with van der Waals surface area (Å²) in [6, 6.07) is 6.60. The average Bonchev–Trinajstić information content (AvgIpc) is 3.09. The molecule has 0 aromatic heterocycles. The third kappa shape index (κ3) is 4.09. The van der Waals surface area contributed by atoms with E-state index in [4.69, 9.17) is 9.16 Å². The molecule has 0 spiro atoms. The van der Waals surface area contributed by atoms with Gasteiger partial charge >= 0.3 is 0 Å². The lowest BCUT2D eigenvalue weighted by molar-refractivity contribution is -0.117. The van der Waals surface area contributed by atoms with Gasteiger partial charge in [-0.25, -0.2) is 0 Å². The SMILES string of the molecule is CC[C@@H]1[C@H]2c3cccc(CCCC(C)=O)c3O[C@H]2C[C@H]1O[Si](C)(C)C(C)(C)C. The highest BCUT2D eigenvalue weighted by molar-refractivity contribution is 6.74. The standard InChI is InChI=1S/C24H38O3Si/c1-8-18-20(27-28(6,7)24(3,4)5)15-21-22(18)19-14-10-13-17(23(19)26-21)12-9-11-16(2)25/h10,13-14,18,20-22H,8-9,11-12,15H2,1-7H3/t18-,20+,21-,22-/m0/s1. The van der Waals surface area contributed by atoms with Crippen molar-refractivity contribution in [1.82, 2.24) is 0 Å². The largest absolute Gasteiger partial charge is 0.489 e. The highest BCUT2D eigenvalue weighted by atomic mass is 28.4. The van der Waals surface area contributed by atoms with Crippen molar-refractivity contribution in [2.45, 2.75) is 103 Å². The Morgan fingerprint density at radius 3 is 2.61 bits per heavy atom. The Hall–Kier alpha value is -1.13. The zero-order valence-corrected chi connectivity index (χ0v) is 19.8. The Balaban J connectivity index is 1.79. The van der Waals surface area contributed by atoms with Crippen molar-refractivity contribution >= 4 is 14.1 Å². The summed E-state index contributed by atoms with van der Waals surface area (Å²) in [6.45, 7) is 15.6. The van der Waals surface area contributed by atoms with Crippen molar-refractivity contribution in [2.75, 3.05) is 0 Å². The van der Waals surface area contributed by atoms with E-state index in [1.807, 2.05) is 0 Å². The summed E-state index contributed by atoms with van der Waals surface area (Å²) >= 11 is 0. The summed E-state index contributed by atoms with van der Waals surface area (Å²) < 4.78 is 13.4. The van der Waals surface area contributed by atoms with Crippen LogP contribution in [-0.4, -0.2) is 26.3 Å². The van der Waals surface area contributed by atoms with Crippen LogP contribution in [0.3, 0.4) is 0 Å². The zero-order valence-electron chi connectivity index (χ0n) is 18.8. The summed E-state index contributed by atoms with van der Waals surface area (Å²) in [7, 11) is -1.79. The van der Waals surface area contributed by atoms with E-state index >= 15 is 0 Å². The molecule has 1 fully saturated rings. The number of carbonyl (C=O) groups is 1. The maximum atomic E-state index is 11.3. The first-order chi connectivity index (χ1) is 13.0. The number of carbonyl (C=O) groups excluding carboxylic acids is 1. The van der Waals surface area contributed by atoms with Crippen LogP contribution in [0, 0.1) is 5.92 Å². The van der Waals surface area contributed by atoms with E-state index in [1.165, 1.54) is 11.1 Å². The van der Waals surface area contributed by atoms with E-state index in [-0.39, 0.29) is 16.9 Å². The van der Waals surface area contributed by atoms with Gasteiger partial charge < -0.3 is 14.0 Å². The molecule has 1 aliphatic carbocycles. The highest BCUT2D eigenvalue weighted by Gasteiger charge is 2.52. The van der Waals surface area contributed by atoms with Crippen LogP contribution in [0.25, 0.3) is 0 Å². The van der Waals surface area contributed by atoms with Crippen LogP contribution < -0.4 is 4.74 Å². The summed E-state index contributed by atoms with van der Waals surface area (Å²) in [5.74, 6) is 2.34. The number of hydrogen-bond acceptors (Lipinski definition) is 3. The number of fused-ring (bicyclic) bond motifs is 3. The number of para-hydroxylation sites is 1. The molecule has 156 valence electrons. The first-order valence-corrected chi connectivity index (χ1v) is 13.9. The van der Waals surface area contributed by atoms with Gasteiger partial charge in [-0.05, 0) is 49.4 Å². The summed E-state index contributed by atoms with van der Waals surface area (Å²) in [5, 5.41) is 0.228. The van der Waals surface area contributed by atoms with Crippen molar-refractivity contribution in [1.29, 1.82) is 0 Å². The lowest BCUT2D eigenvalue weighted by atomic mass is 9.85. The van der Waals surface area contributed by atoms with E-state index in [2.05, 4.69) is 59.0 Å². The lowest BCUT2D eigenvalue weighted by Gasteiger charge is -2.40. The summed E-state index contributed by atoms with van der Waals surface area (Å²) in [5.41, 5.74) is 2.64. The van der Waals surface area contributed by atoms with Crippen LogP contribution in [0.1, 0.15) is 77.3 Å². The van der Waals surface area contributed by atoms with Gasteiger partial charge in [0.25, 0.3) is 0 Å². The van der Waals surface area contributed by atoms with Crippen LogP contribution in [0.5, 0.6) is 5.75 Å². The van der Waals surface area contributed by atoms with Crippen molar-refractivity contribution in [3.63, 3.8) is 0 Å². The highest BCUT2D eigenvalue weighted by Crippen LogP contribution is 2.54. The molecule has 28 heavy (non-hydrogen) atoms. The van der Waals surface area contributed by atoms with E-state index in [9.17, 15) is 4.79 Å². The fraction of sp³-hybridized carbons (Fsp3) is 0.708. The minimum Gasteiger partial charge on any atom is -0.489 e. The fourth-order valence-electron chi connectivity index (χ4n) is 4.70. The maximum Gasteiger partial charge on any atom is 0.192 e. The van der Waals surface area contributed by atoms with Gasteiger partial charge in [0, 0.05) is 24.3 Å². The average molecular weight is 403 g/mol. The van der Waals surface area contributed by atoms with Crippen LogP contribution in [0.15, 0.2) is 18.2 Å². The second kappa shape index (κ2) is 7.95. The molecule has 1 heterocycles. The smallest absolute Gasteiger partial charge is 0.192 e. The third-order valence-electron chi connectivity index (χ3n) is 7.26. The monoisotopic (exact) mass is 402 g/mol. The maximum absolute atomic E-state index is 11.3. The minimum absolute atomic E-state index is 0.228. The Kier molecular flexibility index (Phi) is 6.12. The topological polar surface area (TPSA) is 35.5 Å². The lowest BCUT2D eigenvalue weighted by Crippen LogP contribution is -2.45. The van der Waals surface area contributed by atoms with Crippen LogP contribution >= 0.6 is 0 Å². The van der Waals surface area contributed by atoms with Crippen molar-refractivity contribution < 1.29 is 14.0 Å². The van der Waals surface area contributed by atoms with Crippen LogP contribution in [0.4, 0.5) is 0 Å². The molecular weight excluding hydrogens is 364 g/mol. The van der Waals surface area contributed by atoms with Gasteiger partial charge in [0.15, 0.2) is 8.32 Å². The van der Waals surface area contributed by atoms with Gasteiger partial charge in [-0.2, -0.15) is 0 Å². The number of ketones is 1. The molecule has 4 heteroatoms. The number of Topliss-reactive ketones (excluding diaryl/α,β-unsaturated/α-hetero) is 1. The van der Waals surface area contributed by atoms with Gasteiger partial charge in [0.05, 0.1) is 6.10 Å². The first-order valence-electron chi connectivity index (χ1n) is 11.0. The zero-order chi connectivity index (χ0) is 20.7. The van der Waals surface area contributed by atoms with Gasteiger partial charge in [-0.1, -0.05) is 52.3 Å². The van der Waals surface area contributed by atoms with Crippen molar-refractivity contribution in [3.05, 3.63) is 29.3 Å². The molecule has 1 saturated carbocycles. The predicted molar refractivity (Wildman–Crippen MR) is 118 cm³/mol. The molecule has 4 atom stereocenters. The Bertz CT molecular complexity index is 719. The third-order valence-corrected chi connectivity index (χ3v) is 11.8. The molecule has 0 bridgehead atoms. The number of ether oxygens (including phenoxy) is 1. The van der Waals surface area contributed by atoms with E-state index in [0.29, 0.717) is 24.4 Å². The molecule has 1 aromatic carbocycles. The van der Waals surface area contributed by atoms with Crippen LogP contribution in [0.2, 0.25) is 18.1 Å². The number of aryl methyl sites for hydroxylation is 1. The molecule has 0 unspecified atom stereocenters. The Morgan fingerprint density at radius 1 is 1.29 bits per heavy atom. The van der Waals surface area contributed by atoms with Crippen LogP contribution in [-0.2, 0) is 15.6 Å². The van der Waals surface area contributed by atoms with E-state index in [0.717, 1.165) is 31.4 Å². The molecule has 0 N–H and O–H groups in total. The van der Waals surface area contributed by atoms with Gasteiger partial charge in [0.2, 0.25) is 0 Å². The Morgan fingerprint density at radius 2 is 2.00 bits per heavy atom. The second-order valence-electron chi connectivity index (χ2n) is 10.3. The van der Waals surface area contributed by atoms with Crippen molar-refractivity contribution in [2.24, 2.45) is 5.92 Å². The quantitative estimate of drug-likeness (QED) is 0.505. The van der Waals surface area contributed by atoms with E-state index in [1.54, 1.807) is 6.92 Å². The Labute approximate surface area is 172 Å². The van der Waals surface area contributed by atoms with Gasteiger partial charge in [-0.3, -0.25) is 0 Å². The van der Waals surface area contributed by atoms with Gasteiger partial charge in [-0.15, -0.1) is 0 Å². The molecular formula is C24H38O3Si. The molecule has 0 amide bonds. The molecule has 0 saturated heterocycles. The van der Waals surface area contributed by atoms with Crippen molar-refractivity contribution in [3.8, 4) is 5.75 Å². The predicted octanol–water partition coefficient (Wildman–Crippen LogP) is 6.26. The molecule has 1 aromatic rings. The molecule has 3 rings (SSSR count). The number of benzene rings is 1. The number of hydrogen-bond donors (Lipinski definition) is 0.